The number of aliphatic hydroxyl groups excluding tert-OH is 1. The second kappa shape index (κ2) is 8.55. The van der Waals surface area contributed by atoms with Gasteiger partial charge in [0.05, 0.1) is 23.6 Å². The van der Waals surface area contributed by atoms with Crippen molar-refractivity contribution in [3.63, 3.8) is 0 Å². The van der Waals surface area contributed by atoms with E-state index in [9.17, 15) is 23.1 Å². The van der Waals surface area contributed by atoms with Crippen molar-refractivity contribution in [1.82, 2.24) is 9.97 Å². The largest absolute Gasteiger partial charge is 0.433 e. The van der Waals surface area contributed by atoms with Gasteiger partial charge in [-0.05, 0) is 55.9 Å². The first-order chi connectivity index (χ1) is 13.3. The van der Waals surface area contributed by atoms with Gasteiger partial charge in [0, 0.05) is 12.7 Å². The summed E-state index contributed by atoms with van der Waals surface area (Å²) in [5, 5.41) is 15.3. The Labute approximate surface area is 160 Å². The van der Waals surface area contributed by atoms with Gasteiger partial charge in [-0.15, -0.1) is 0 Å². The first kappa shape index (κ1) is 20.1. The Morgan fingerprint density at radius 3 is 2.54 bits per heavy atom. The smallest absolute Gasteiger partial charge is 0.393 e. The SMILES string of the molecule is O=C(Nc1ccc(C(F)(F)F)nc1)c1cccnc1NCC1CCC(O)CC1. The van der Waals surface area contributed by atoms with Gasteiger partial charge in [-0.2, -0.15) is 13.2 Å². The molecular weight excluding hydrogens is 373 g/mol. The van der Waals surface area contributed by atoms with Gasteiger partial charge in [0.2, 0.25) is 0 Å². The third-order valence-electron chi connectivity index (χ3n) is 4.74. The predicted octanol–water partition coefficient (Wildman–Crippen LogP) is 3.71. The van der Waals surface area contributed by atoms with Crippen molar-refractivity contribution in [3.8, 4) is 0 Å². The highest BCUT2D eigenvalue weighted by atomic mass is 19.4. The van der Waals surface area contributed by atoms with Crippen LogP contribution in [0.25, 0.3) is 0 Å². The fourth-order valence-corrected chi connectivity index (χ4v) is 3.15. The molecule has 0 spiro atoms. The van der Waals surface area contributed by atoms with E-state index in [1.54, 1.807) is 18.3 Å². The zero-order chi connectivity index (χ0) is 20.1. The molecule has 1 aliphatic rings. The summed E-state index contributed by atoms with van der Waals surface area (Å²) < 4.78 is 37.7. The van der Waals surface area contributed by atoms with E-state index >= 15 is 0 Å². The van der Waals surface area contributed by atoms with Crippen molar-refractivity contribution in [3.05, 3.63) is 47.9 Å². The summed E-state index contributed by atoms with van der Waals surface area (Å²) in [6.07, 6.45) is 1.11. The van der Waals surface area contributed by atoms with E-state index in [4.69, 9.17) is 0 Å². The van der Waals surface area contributed by atoms with Gasteiger partial charge in [-0.3, -0.25) is 4.79 Å². The Kier molecular flexibility index (Phi) is 6.13. The maximum absolute atomic E-state index is 12.6. The third kappa shape index (κ3) is 5.19. The number of anilines is 2. The first-order valence-corrected chi connectivity index (χ1v) is 9.04. The molecule has 6 nitrogen and oxygen atoms in total. The number of hydrogen-bond donors (Lipinski definition) is 3. The number of nitrogens with zero attached hydrogens (tertiary/aromatic N) is 2. The molecule has 2 aromatic rings. The van der Waals surface area contributed by atoms with E-state index in [0.29, 0.717) is 23.8 Å². The van der Waals surface area contributed by atoms with Crippen molar-refractivity contribution in [1.29, 1.82) is 0 Å². The molecule has 0 aromatic carbocycles. The van der Waals surface area contributed by atoms with E-state index in [-0.39, 0.29) is 11.8 Å². The Balaban J connectivity index is 1.64. The molecular formula is C19H21F3N4O2. The second-order valence-electron chi connectivity index (χ2n) is 6.84. The van der Waals surface area contributed by atoms with Gasteiger partial charge in [0.1, 0.15) is 11.5 Å². The molecule has 3 N–H and O–H groups in total. The number of carbonyl (C=O) groups is 1. The summed E-state index contributed by atoms with van der Waals surface area (Å²) in [6, 6.07) is 5.18. The van der Waals surface area contributed by atoms with Crippen molar-refractivity contribution in [2.75, 3.05) is 17.2 Å². The van der Waals surface area contributed by atoms with Crippen LogP contribution in [0.15, 0.2) is 36.7 Å². The molecule has 0 radical (unpaired) electrons. The quantitative estimate of drug-likeness (QED) is 0.720. The molecule has 150 valence electrons. The number of nitrogens with one attached hydrogen (secondary N) is 2. The lowest BCUT2D eigenvalue weighted by atomic mass is 9.87. The summed E-state index contributed by atoms with van der Waals surface area (Å²) >= 11 is 0. The molecule has 0 saturated heterocycles. The van der Waals surface area contributed by atoms with Crippen LogP contribution in [0, 0.1) is 5.92 Å². The Morgan fingerprint density at radius 1 is 1.14 bits per heavy atom. The van der Waals surface area contributed by atoms with Gasteiger partial charge >= 0.3 is 6.18 Å². The van der Waals surface area contributed by atoms with Gasteiger partial charge in [-0.25, -0.2) is 9.97 Å². The molecule has 0 bridgehead atoms. The van der Waals surface area contributed by atoms with Crippen LogP contribution in [0.1, 0.15) is 41.7 Å². The number of hydrogen-bond acceptors (Lipinski definition) is 5. The molecule has 0 unspecified atom stereocenters. The predicted molar refractivity (Wildman–Crippen MR) is 97.9 cm³/mol. The van der Waals surface area contributed by atoms with E-state index in [0.717, 1.165) is 44.0 Å². The summed E-state index contributed by atoms with van der Waals surface area (Å²) in [4.78, 5) is 20.1. The molecule has 1 amide bonds. The minimum atomic E-state index is -4.53. The molecule has 2 heterocycles. The minimum absolute atomic E-state index is 0.161. The number of alkyl halides is 3. The van der Waals surface area contributed by atoms with E-state index < -0.39 is 17.8 Å². The molecule has 1 saturated carbocycles. The van der Waals surface area contributed by atoms with Crippen molar-refractivity contribution < 1.29 is 23.1 Å². The number of pyridine rings is 2. The van der Waals surface area contributed by atoms with Crippen molar-refractivity contribution >= 4 is 17.4 Å². The average molecular weight is 394 g/mol. The molecule has 1 aliphatic carbocycles. The lowest BCUT2D eigenvalue weighted by Crippen LogP contribution is -2.25. The van der Waals surface area contributed by atoms with Gasteiger partial charge in [0.15, 0.2) is 0 Å². The van der Waals surface area contributed by atoms with Crippen LogP contribution >= 0.6 is 0 Å². The summed E-state index contributed by atoms with van der Waals surface area (Å²) in [5.41, 5.74) is -0.570. The van der Waals surface area contributed by atoms with Crippen LogP contribution in [-0.2, 0) is 6.18 Å². The van der Waals surface area contributed by atoms with E-state index in [2.05, 4.69) is 20.6 Å². The number of aromatic nitrogens is 2. The maximum Gasteiger partial charge on any atom is 0.433 e. The topological polar surface area (TPSA) is 87.1 Å². The highest BCUT2D eigenvalue weighted by molar-refractivity contribution is 6.07. The Morgan fingerprint density at radius 2 is 1.89 bits per heavy atom. The molecule has 28 heavy (non-hydrogen) atoms. The second-order valence-corrected chi connectivity index (χ2v) is 6.84. The van der Waals surface area contributed by atoms with Crippen LogP contribution in [0.5, 0.6) is 0 Å². The standard InChI is InChI=1S/C19H21F3N4O2/c20-19(21,22)16-8-5-13(11-24-16)26-18(28)15-2-1-9-23-17(15)25-10-12-3-6-14(27)7-4-12/h1-2,5,8-9,11-12,14,27H,3-4,6-7,10H2,(H,23,25)(H,26,28). The average Bonchev–Trinajstić information content (AvgIpc) is 2.67. The zero-order valence-corrected chi connectivity index (χ0v) is 15.0. The lowest BCUT2D eigenvalue weighted by molar-refractivity contribution is -0.141. The van der Waals surface area contributed by atoms with Crippen LogP contribution in [0.3, 0.4) is 0 Å². The van der Waals surface area contributed by atoms with E-state index in [1.807, 2.05) is 0 Å². The van der Waals surface area contributed by atoms with Gasteiger partial charge in [-0.1, -0.05) is 0 Å². The molecule has 0 atom stereocenters. The number of carbonyl (C=O) groups excluding carboxylic acids is 1. The molecule has 2 aromatic heterocycles. The Bertz CT molecular complexity index is 804. The molecule has 1 fully saturated rings. The summed E-state index contributed by atoms with van der Waals surface area (Å²) in [6.45, 7) is 0.631. The number of rotatable bonds is 5. The lowest BCUT2D eigenvalue weighted by Gasteiger charge is -2.25. The minimum Gasteiger partial charge on any atom is -0.393 e. The monoisotopic (exact) mass is 394 g/mol. The molecule has 9 heteroatoms. The first-order valence-electron chi connectivity index (χ1n) is 9.04. The number of aliphatic hydroxyl groups is 1. The van der Waals surface area contributed by atoms with Crippen molar-refractivity contribution in [2.24, 2.45) is 5.92 Å². The number of amides is 1. The fraction of sp³-hybridized carbons (Fsp3) is 0.421. The molecule has 0 aliphatic heterocycles. The highest BCUT2D eigenvalue weighted by Crippen LogP contribution is 2.28. The Hall–Kier alpha value is -2.68. The van der Waals surface area contributed by atoms with Gasteiger partial charge < -0.3 is 15.7 Å². The fourth-order valence-electron chi connectivity index (χ4n) is 3.15. The van der Waals surface area contributed by atoms with Crippen LogP contribution < -0.4 is 10.6 Å². The van der Waals surface area contributed by atoms with Crippen LogP contribution in [-0.4, -0.2) is 33.6 Å². The third-order valence-corrected chi connectivity index (χ3v) is 4.74. The van der Waals surface area contributed by atoms with Crippen LogP contribution in [0.2, 0.25) is 0 Å². The van der Waals surface area contributed by atoms with Crippen molar-refractivity contribution in [2.45, 2.75) is 38.0 Å². The summed E-state index contributed by atoms with van der Waals surface area (Å²) in [5.74, 6) is 0.308. The van der Waals surface area contributed by atoms with Crippen LogP contribution in [0.4, 0.5) is 24.7 Å². The van der Waals surface area contributed by atoms with Gasteiger partial charge in [0.25, 0.3) is 5.91 Å². The zero-order valence-electron chi connectivity index (χ0n) is 15.0. The number of halogens is 3. The highest BCUT2D eigenvalue weighted by Gasteiger charge is 2.32. The summed E-state index contributed by atoms with van der Waals surface area (Å²) in [7, 11) is 0. The maximum atomic E-state index is 12.6. The van der Waals surface area contributed by atoms with E-state index in [1.165, 1.54) is 0 Å². The molecule has 3 rings (SSSR count). The normalized spacial score (nSPS) is 19.9.